The molecule has 0 saturated carbocycles. The van der Waals surface area contributed by atoms with E-state index in [0.717, 1.165) is 24.3 Å². The first-order valence-corrected chi connectivity index (χ1v) is 12.8. The molecule has 0 aliphatic rings. The Labute approximate surface area is 238 Å². The minimum Gasteiger partial charge on any atom is -0.411 e. The van der Waals surface area contributed by atoms with E-state index in [-0.39, 0.29) is 37.4 Å². The summed E-state index contributed by atoms with van der Waals surface area (Å²) in [5.74, 6) is -2.39. The largest absolute Gasteiger partial charge is 0.416 e. The van der Waals surface area contributed by atoms with Crippen LogP contribution < -0.4 is 27.8 Å². The van der Waals surface area contributed by atoms with Crippen molar-refractivity contribution in [1.29, 1.82) is 0 Å². The molecular weight excluding hydrogens is 557 g/mol. The number of benzene rings is 2. The number of carbonyl (C=O) groups is 3. The fraction of sp³-hybridized carbons (Fsp3) is 0.296. The number of hydrogen-bond acceptors (Lipinski definition) is 9. The molecule has 3 rings (SSSR count). The van der Waals surface area contributed by atoms with Crippen LogP contribution in [0.4, 0.5) is 18.9 Å². The van der Waals surface area contributed by atoms with Crippen molar-refractivity contribution in [2.75, 3.05) is 31.5 Å². The number of nitrogens with zero attached hydrogens (tertiary/aromatic N) is 3. The summed E-state index contributed by atoms with van der Waals surface area (Å²) in [6, 6.07) is 8.95. The van der Waals surface area contributed by atoms with Crippen molar-refractivity contribution in [3.63, 3.8) is 0 Å². The van der Waals surface area contributed by atoms with Crippen molar-refractivity contribution < 1.29 is 32.8 Å². The molecule has 3 amide bonds. The molecule has 2 unspecified atom stereocenters. The quantitative estimate of drug-likeness (QED) is 0.102. The number of nitrogens with two attached hydrogens (primary N) is 3. The number of halogens is 3. The van der Waals surface area contributed by atoms with Gasteiger partial charge in [-0.05, 0) is 24.3 Å². The lowest BCUT2D eigenvalue weighted by Gasteiger charge is -2.24. The zero-order valence-corrected chi connectivity index (χ0v) is 22.3. The van der Waals surface area contributed by atoms with Gasteiger partial charge in [0.25, 0.3) is 5.91 Å². The average molecular weight is 589 g/mol. The standard InChI is InChI=1S/C27H31F3N8O4/c28-27(29,30)18-7-5-16(6-8-18)23(37-42)24(26(41)35-19-13-17-3-1-2-4-21(17)34-15-19)36-25(40)20(33)14-22(39)38(11-9-31)12-10-32/h1-8,13,15,20,24,42H,9-12,14,31-33H2,(H,35,41)(H,36,40)/b37-23+. The Bertz CT molecular complexity index is 1430. The number of fused-ring (bicyclic) bond motifs is 1. The van der Waals surface area contributed by atoms with Gasteiger partial charge in [-0.1, -0.05) is 35.5 Å². The summed E-state index contributed by atoms with van der Waals surface area (Å²) in [5, 5.41) is 18.5. The van der Waals surface area contributed by atoms with Crippen LogP contribution in [0.25, 0.3) is 10.9 Å². The molecule has 0 saturated heterocycles. The van der Waals surface area contributed by atoms with E-state index in [2.05, 4.69) is 20.8 Å². The summed E-state index contributed by atoms with van der Waals surface area (Å²) in [6.45, 7) is 0.680. The highest BCUT2D eigenvalue weighted by molar-refractivity contribution is 6.20. The summed E-state index contributed by atoms with van der Waals surface area (Å²) in [6.07, 6.45) is -3.73. The number of rotatable bonds is 12. The van der Waals surface area contributed by atoms with E-state index in [0.29, 0.717) is 10.9 Å². The van der Waals surface area contributed by atoms with Crippen LogP contribution in [-0.2, 0) is 20.6 Å². The molecule has 1 aromatic heterocycles. The summed E-state index contributed by atoms with van der Waals surface area (Å²) >= 11 is 0. The molecule has 2 atom stereocenters. The first kappa shape index (κ1) is 31.9. The van der Waals surface area contributed by atoms with Crippen LogP contribution in [0.15, 0.2) is 65.9 Å². The van der Waals surface area contributed by atoms with Crippen molar-refractivity contribution in [3.05, 3.63) is 71.9 Å². The molecule has 42 heavy (non-hydrogen) atoms. The van der Waals surface area contributed by atoms with Crippen LogP contribution >= 0.6 is 0 Å². The van der Waals surface area contributed by atoms with E-state index in [1.54, 1.807) is 30.3 Å². The molecule has 0 aliphatic heterocycles. The second kappa shape index (κ2) is 14.3. The highest BCUT2D eigenvalue weighted by Crippen LogP contribution is 2.29. The summed E-state index contributed by atoms with van der Waals surface area (Å²) in [4.78, 5) is 44.7. The van der Waals surface area contributed by atoms with Gasteiger partial charge in [0, 0.05) is 37.1 Å². The van der Waals surface area contributed by atoms with Gasteiger partial charge in [-0.2, -0.15) is 13.2 Å². The summed E-state index contributed by atoms with van der Waals surface area (Å²) < 4.78 is 39.3. The molecule has 9 N–H and O–H groups in total. The van der Waals surface area contributed by atoms with Crippen LogP contribution in [0.1, 0.15) is 17.5 Å². The first-order valence-electron chi connectivity index (χ1n) is 12.8. The molecule has 0 bridgehead atoms. The number of anilines is 1. The molecule has 0 aliphatic carbocycles. The van der Waals surface area contributed by atoms with Gasteiger partial charge < -0.3 is 37.9 Å². The lowest BCUT2D eigenvalue weighted by molar-refractivity contribution is -0.137. The zero-order valence-electron chi connectivity index (χ0n) is 22.3. The number of alkyl halides is 3. The summed E-state index contributed by atoms with van der Waals surface area (Å²) in [7, 11) is 0. The number of hydrogen-bond donors (Lipinski definition) is 6. The number of pyridine rings is 1. The minimum atomic E-state index is -4.63. The normalized spacial score (nSPS) is 13.3. The smallest absolute Gasteiger partial charge is 0.411 e. The van der Waals surface area contributed by atoms with Crippen molar-refractivity contribution in [2.24, 2.45) is 22.4 Å². The SMILES string of the molecule is NCCN(CCN)C(=O)CC(N)C(=O)NC(C(=O)Nc1cnc2ccccc2c1)/C(=N/O)c1ccc(C(F)(F)F)cc1. The van der Waals surface area contributed by atoms with Gasteiger partial charge in [0.1, 0.15) is 5.71 Å². The van der Waals surface area contributed by atoms with Crippen LogP contribution in [-0.4, -0.2) is 76.8 Å². The average Bonchev–Trinajstić information content (AvgIpc) is 2.96. The molecule has 1 heterocycles. The molecule has 0 spiro atoms. The molecule has 0 radical (unpaired) electrons. The Morgan fingerprint density at radius 1 is 1.00 bits per heavy atom. The fourth-order valence-electron chi connectivity index (χ4n) is 4.06. The van der Waals surface area contributed by atoms with Crippen LogP contribution in [0.5, 0.6) is 0 Å². The van der Waals surface area contributed by atoms with Crippen molar-refractivity contribution in [3.8, 4) is 0 Å². The van der Waals surface area contributed by atoms with Gasteiger partial charge in [0.05, 0.1) is 35.4 Å². The molecule has 15 heteroatoms. The first-order chi connectivity index (χ1) is 20.0. The van der Waals surface area contributed by atoms with E-state index < -0.39 is 53.7 Å². The van der Waals surface area contributed by atoms with Crippen LogP contribution in [0, 0.1) is 0 Å². The van der Waals surface area contributed by atoms with Gasteiger partial charge in [0.15, 0.2) is 6.04 Å². The van der Waals surface area contributed by atoms with E-state index in [1.807, 2.05) is 0 Å². The molecular formula is C27H31F3N8O4. The zero-order chi connectivity index (χ0) is 30.9. The monoisotopic (exact) mass is 588 g/mol. The minimum absolute atomic E-state index is 0.0932. The molecule has 0 fully saturated rings. The Balaban J connectivity index is 1.89. The van der Waals surface area contributed by atoms with Gasteiger partial charge in [-0.25, -0.2) is 0 Å². The highest BCUT2D eigenvalue weighted by atomic mass is 19.4. The van der Waals surface area contributed by atoms with Gasteiger partial charge in [-0.15, -0.1) is 0 Å². The molecule has 224 valence electrons. The predicted molar refractivity (Wildman–Crippen MR) is 149 cm³/mol. The lowest BCUT2D eigenvalue weighted by Crippen LogP contribution is -2.54. The maximum atomic E-state index is 13.4. The Kier molecular flexibility index (Phi) is 10.9. The Morgan fingerprint density at radius 3 is 2.24 bits per heavy atom. The predicted octanol–water partition coefficient (Wildman–Crippen LogP) is 1.02. The maximum absolute atomic E-state index is 13.4. The Morgan fingerprint density at radius 2 is 1.64 bits per heavy atom. The fourth-order valence-corrected chi connectivity index (χ4v) is 4.06. The van der Waals surface area contributed by atoms with E-state index >= 15 is 0 Å². The van der Waals surface area contributed by atoms with Crippen molar-refractivity contribution in [1.82, 2.24) is 15.2 Å². The highest BCUT2D eigenvalue weighted by Gasteiger charge is 2.33. The van der Waals surface area contributed by atoms with E-state index in [4.69, 9.17) is 17.2 Å². The van der Waals surface area contributed by atoms with Crippen molar-refractivity contribution in [2.45, 2.75) is 24.7 Å². The van der Waals surface area contributed by atoms with E-state index in [9.17, 15) is 32.8 Å². The van der Waals surface area contributed by atoms with Gasteiger partial charge in [0.2, 0.25) is 11.8 Å². The number of carbonyl (C=O) groups excluding carboxylic acids is 3. The third-order valence-electron chi connectivity index (χ3n) is 6.18. The number of aromatic nitrogens is 1. The topological polar surface area (TPSA) is 202 Å². The van der Waals surface area contributed by atoms with Gasteiger partial charge >= 0.3 is 6.18 Å². The second-order valence-corrected chi connectivity index (χ2v) is 9.18. The number of amides is 3. The molecule has 3 aromatic rings. The Hall–Kier alpha value is -4.60. The third kappa shape index (κ3) is 8.22. The lowest BCUT2D eigenvalue weighted by atomic mass is 10.00. The van der Waals surface area contributed by atoms with E-state index in [1.165, 1.54) is 11.1 Å². The maximum Gasteiger partial charge on any atom is 0.416 e. The number of nitrogens with one attached hydrogen (secondary N) is 2. The molecule has 12 nitrogen and oxygen atoms in total. The van der Waals surface area contributed by atoms with Crippen LogP contribution in [0.2, 0.25) is 0 Å². The molecule has 2 aromatic carbocycles. The number of para-hydroxylation sites is 1. The van der Waals surface area contributed by atoms with Crippen LogP contribution in [0.3, 0.4) is 0 Å². The summed E-state index contributed by atoms with van der Waals surface area (Å²) in [5.41, 5.74) is 16.3. The second-order valence-electron chi connectivity index (χ2n) is 9.18. The van der Waals surface area contributed by atoms with Gasteiger partial charge in [-0.3, -0.25) is 19.4 Å². The van der Waals surface area contributed by atoms with Crippen molar-refractivity contribution >= 4 is 40.0 Å². The third-order valence-corrected chi connectivity index (χ3v) is 6.18. The number of oxime groups is 1.